The lowest BCUT2D eigenvalue weighted by Gasteiger charge is -2.35. The van der Waals surface area contributed by atoms with Gasteiger partial charge in [-0.2, -0.15) is 4.31 Å². The Morgan fingerprint density at radius 3 is 2.31 bits per heavy atom. The van der Waals surface area contributed by atoms with Gasteiger partial charge in [0.2, 0.25) is 10.0 Å². The number of methoxy groups -OCH3 is 1. The van der Waals surface area contributed by atoms with E-state index in [1.165, 1.54) is 11.4 Å². The summed E-state index contributed by atoms with van der Waals surface area (Å²) >= 11 is 0. The van der Waals surface area contributed by atoms with Crippen molar-refractivity contribution in [3.05, 3.63) is 65.7 Å². The highest BCUT2D eigenvalue weighted by Gasteiger charge is 2.55. The smallest absolute Gasteiger partial charge is 0.327 e. The van der Waals surface area contributed by atoms with Gasteiger partial charge in [0.25, 0.3) is 0 Å². The third-order valence-electron chi connectivity index (χ3n) is 5.06. The average Bonchev–Trinajstić information content (AvgIpc) is 3.01. The number of hydrogen-bond donors (Lipinski definition) is 0. The molecule has 3 rings (SSSR count). The van der Waals surface area contributed by atoms with Crippen LogP contribution in [0.1, 0.15) is 36.9 Å². The number of rotatable bonds is 4. The van der Waals surface area contributed by atoms with Crippen molar-refractivity contribution in [2.24, 2.45) is 0 Å². The summed E-state index contributed by atoms with van der Waals surface area (Å²) in [6, 6.07) is 15.7. The molecule has 2 aromatic rings. The molecule has 138 valence electrons. The number of esters is 1. The molecule has 0 amide bonds. The molecular weight excluding hydrogens is 350 g/mol. The van der Waals surface area contributed by atoms with Crippen LogP contribution in [0.25, 0.3) is 0 Å². The molecule has 26 heavy (non-hydrogen) atoms. The second-order valence-electron chi connectivity index (χ2n) is 6.84. The molecule has 0 bridgehead atoms. The lowest BCUT2D eigenvalue weighted by Crippen LogP contribution is -2.51. The molecule has 1 fully saturated rings. The van der Waals surface area contributed by atoms with Crippen molar-refractivity contribution in [2.75, 3.05) is 7.11 Å². The molecule has 0 N–H and O–H groups in total. The van der Waals surface area contributed by atoms with E-state index in [4.69, 9.17) is 4.74 Å². The van der Waals surface area contributed by atoms with Crippen molar-refractivity contribution in [3.63, 3.8) is 0 Å². The van der Waals surface area contributed by atoms with Crippen molar-refractivity contribution in [1.82, 2.24) is 4.31 Å². The van der Waals surface area contributed by atoms with Crippen LogP contribution in [0.3, 0.4) is 0 Å². The Balaban J connectivity index is 2.15. The molecule has 1 aliphatic heterocycles. The Labute approximate surface area is 154 Å². The van der Waals surface area contributed by atoms with E-state index in [1.807, 2.05) is 37.3 Å². The third-order valence-corrected chi connectivity index (χ3v) is 7.10. The van der Waals surface area contributed by atoms with Crippen LogP contribution in [0.2, 0.25) is 0 Å². The van der Waals surface area contributed by atoms with E-state index in [-0.39, 0.29) is 4.90 Å². The molecule has 2 aromatic carbocycles. The van der Waals surface area contributed by atoms with Gasteiger partial charge in [-0.25, -0.2) is 8.42 Å². The van der Waals surface area contributed by atoms with Crippen molar-refractivity contribution in [3.8, 4) is 0 Å². The number of carbonyl (C=O) groups is 1. The van der Waals surface area contributed by atoms with E-state index in [1.54, 1.807) is 31.2 Å². The Morgan fingerprint density at radius 2 is 1.73 bits per heavy atom. The van der Waals surface area contributed by atoms with Crippen LogP contribution in [0, 0.1) is 6.92 Å². The quantitative estimate of drug-likeness (QED) is 0.770. The highest BCUT2D eigenvalue weighted by atomic mass is 32.2. The fourth-order valence-corrected chi connectivity index (χ4v) is 5.60. The van der Waals surface area contributed by atoms with Crippen LogP contribution in [0.5, 0.6) is 0 Å². The summed E-state index contributed by atoms with van der Waals surface area (Å²) in [4.78, 5) is 12.7. The van der Waals surface area contributed by atoms with Gasteiger partial charge in [-0.3, -0.25) is 4.79 Å². The topological polar surface area (TPSA) is 63.7 Å². The number of sulfonamides is 1. The van der Waals surface area contributed by atoms with Gasteiger partial charge in [0.05, 0.1) is 18.0 Å². The fraction of sp³-hybridized carbons (Fsp3) is 0.350. The number of nitrogens with zero attached hydrogens (tertiary/aromatic N) is 1. The molecule has 2 unspecified atom stereocenters. The maximum absolute atomic E-state index is 13.5. The minimum absolute atomic E-state index is 0.182. The van der Waals surface area contributed by atoms with E-state index in [0.29, 0.717) is 12.8 Å². The van der Waals surface area contributed by atoms with Crippen molar-refractivity contribution in [1.29, 1.82) is 0 Å². The predicted octanol–water partition coefficient (Wildman–Crippen LogP) is 3.45. The van der Waals surface area contributed by atoms with Crippen LogP contribution in [-0.4, -0.2) is 31.3 Å². The maximum atomic E-state index is 13.5. The van der Waals surface area contributed by atoms with E-state index in [2.05, 4.69) is 0 Å². The van der Waals surface area contributed by atoms with E-state index < -0.39 is 27.6 Å². The number of ether oxygens (including phenoxy) is 1. The molecule has 1 heterocycles. The van der Waals surface area contributed by atoms with Gasteiger partial charge in [-0.05, 0) is 44.4 Å². The standard InChI is InChI=1S/C20H23NO4S/c1-15-9-11-17(12-10-15)26(23,24)21-18(16-7-5-4-6-8-16)13-14-20(21,2)19(22)25-3/h4-12,18H,13-14H2,1-3H3. The average molecular weight is 373 g/mol. The van der Waals surface area contributed by atoms with Crippen LogP contribution in [0.4, 0.5) is 0 Å². The van der Waals surface area contributed by atoms with E-state index >= 15 is 0 Å². The zero-order chi connectivity index (χ0) is 18.9. The van der Waals surface area contributed by atoms with Gasteiger partial charge in [-0.15, -0.1) is 0 Å². The summed E-state index contributed by atoms with van der Waals surface area (Å²) in [5.41, 5.74) is 0.607. The van der Waals surface area contributed by atoms with Gasteiger partial charge in [0, 0.05) is 0 Å². The Bertz CT molecular complexity index is 893. The first kappa shape index (κ1) is 18.6. The minimum Gasteiger partial charge on any atom is -0.468 e. The highest BCUT2D eigenvalue weighted by Crippen LogP contribution is 2.46. The molecule has 0 spiro atoms. The monoisotopic (exact) mass is 373 g/mol. The first-order valence-electron chi connectivity index (χ1n) is 8.55. The summed E-state index contributed by atoms with van der Waals surface area (Å²) in [5.74, 6) is -0.536. The molecule has 5 nitrogen and oxygen atoms in total. The lowest BCUT2D eigenvalue weighted by atomic mass is 10.0. The fourth-order valence-electron chi connectivity index (χ4n) is 3.63. The van der Waals surface area contributed by atoms with Gasteiger partial charge in [0.1, 0.15) is 5.54 Å². The lowest BCUT2D eigenvalue weighted by molar-refractivity contribution is -0.150. The number of aryl methyl sites for hydroxylation is 1. The normalized spacial score (nSPS) is 23.7. The first-order valence-corrected chi connectivity index (χ1v) is 9.99. The molecule has 0 radical (unpaired) electrons. The SMILES string of the molecule is COC(=O)C1(C)CCC(c2ccccc2)N1S(=O)(=O)c1ccc(C)cc1. The number of hydrogen-bond acceptors (Lipinski definition) is 4. The van der Waals surface area contributed by atoms with Crippen LogP contribution < -0.4 is 0 Å². The van der Waals surface area contributed by atoms with Crippen LogP contribution >= 0.6 is 0 Å². The predicted molar refractivity (Wildman–Crippen MR) is 99.0 cm³/mol. The van der Waals surface area contributed by atoms with Gasteiger partial charge >= 0.3 is 5.97 Å². The Kier molecular flexibility index (Phi) is 4.90. The van der Waals surface area contributed by atoms with Gasteiger partial charge in [0.15, 0.2) is 0 Å². The molecule has 1 aliphatic rings. The van der Waals surface area contributed by atoms with Crippen LogP contribution in [-0.2, 0) is 19.6 Å². The highest BCUT2D eigenvalue weighted by molar-refractivity contribution is 7.89. The summed E-state index contributed by atoms with van der Waals surface area (Å²) in [5, 5.41) is 0. The molecular formula is C20H23NO4S. The Morgan fingerprint density at radius 1 is 1.12 bits per heavy atom. The molecule has 0 aromatic heterocycles. The maximum Gasteiger partial charge on any atom is 0.327 e. The summed E-state index contributed by atoms with van der Waals surface area (Å²) < 4.78 is 33.3. The number of benzene rings is 2. The molecule has 6 heteroatoms. The third kappa shape index (κ3) is 3.04. The Hall–Kier alpha value is -2.18. The number of carbonyl (C=O) groups excluding carboxylic acids is 1. The second-order valence-corrected chi connectivity index (χ2v) is 8.66. The molecule has 0 aliphatic carbocycles. The second kappa shape index (κ2) is 6.85. The minimum atomic E-state index is -3.88. The van der Waals surface area contributed by atoms with Gasteiger partial charge < -0.3 is 4.74 Å². The van der Waals surface area contributed by atoms with E-state index in [9.17, 15) is 13.2 Å². The summed E-state index contributed by atoms with van der Waals surface area (Å²) in [7, 11) is -2.59. The largest absolute Gasteiger partial charge is 0.468 e. The molecule has 1 saturated heterocycles. The summed E-state index contributed by atoms with van der Waals surface area (Å²) in [6.45, 7) is 3.55. The van der Waals surface area contributed by atoms with Crippen molar-refractivity contribution >= 4 is 16.0 Å². The van der Waals surface area contributed by atoms with Crippen molar-refractivity contribution in [2.45, 2.75) is 43.2 Å². The van der Waals surface area contributed by atoms with Crippen LogP contribution in [0.15, 0.2) is 59.5 Å². The zero-order valence-electron chi connectivity index (χ0n) is 15.2. The summed E-state index contributed by atoms with van der Waals surface area (Å²) in [6.07, 6.45) is 0.963. The van der Waals surface area contributed by atoms with Crippen molar-refractivity contribution < 1.29 is 17.9 Å². The first-order chi connectivity index (χ1) is 12.3. The van der Waals surface area contributed by atoms with Gasteiger partial charge in [-0.1, -0.05) is 48.0 Å². The van der Waals surface area contributed by atoms with E-state index in [0.717, 1.165) is 11.1 Å². The molecule has 2 atom stereocenters. The molecule has 0 saturated carbocycles. The zero-order valence-corrected chi connectivity index (χ0v) is 16.0.